The van der Waals surface area contributed by atoms with Gasteiger partial charge in [0.1, 0.15) is 12.6 Å². The highest BCUT2D eigenvalue weighted by Crippen LogP contribution is 2.65. The van der Waals surface area contributed by atoms with E-state index in [1.807, 2.05) is 38.1 Å². The van der Waals surface area contributed by atoms with Gasteiger partial charge >= 0.3 is 12.1 Å². The Hall–Kier alpha value is -3.35. The van der Waals surface area contributed by atoms with Crippen molar-refractivity contribution >= 4 is 18.0 Å². The highest BCUT2D eigenvalue weighted by molar-refractivity contribution is 5.92. The minimum absolute atomic E-state index is 0.000717. The number of nitrogens with zero attached hydrogens (tertiary/aromatic N) is 1. The first-order chi connectivity index (χ1) is 16.7. The van der Waals surface area contributed by atoms with Crippen LogP contribution in [0.15, 0.2) is 48.5 Å². The van der Waals surface area contributed by atoms with Crippen molar-refractivity contribution in [3.63, 3.8) is 0 Å². The van der Waals surface area contributed by atoms with Gasteiger partial charge in [-0.3, -0.25) is 4.79 Å². The molecule has 182 valence electrons. The molecule has 2 amide bonds. The van der Waals surface area contributed by atoms with Gasteiger partial charge in [-0.2, -0.15) is 0 Å². The van der Waals surface area contributed by atoms with E-state index in [1.54, 1.807) is 0 Å². The second kappa shape index (κ2) is 7.57. The first-order valence-electron chi connectivity index (χ1n) is 12.4. The van der Waals surface area contributed by atoms with Gasteiger partial charge in [-0.1, -0.05) is 62.4 Å². The molecule has 1 heterocycles. The van der Waals surface area contributed by atoms with Gasteiger partial charge in [-0.25, -0.2) is 9.59 Å². The SMILES string of the molecule is CC1(C)CN(C(=O)[C@@]23C[C@@H](NC(=O)OCC4c5ccccc5-c5ccccc54)C[C@@H]2C3)C1C(=O)O. The molecule has 3 fully saturated rings. The number of carboxylic acid groups (broad SMARTS) is 1. The maximum absolute atomic E-state index is 13.3. The largest absolute Gasteiger partial charge is 0.480 e. The summed E-state index contributed by atoms with van der Waals surface area (Å²) >= 11 is 0. The van der Waals surface area contributed by atoms with E-state index in [9.17, 15) is 19.5 Å². The topological polar surface area (TPSA) is 95.9 Å². The van der Waals surface area contributed by atoms with E-state index in [0.29, 0.717) is 13.0 Å². The zero-order chi connectivity index (χ0) is 24.5. The fourth-order valence-electron chi connectivity index (χ4n) is 6.94. The molecule has 4 aliphatic rings. The van der Waals surface area contributed by atoms with Crippen LogP contribution in [-0.2, 0) is 14.3 Å². The van der Waals surface area contributed by atoms with Crippen molar-refractivity contribution in [2.75, 3.05) is 13.2 Å². The van der Waals surface area contributed by atoms with Gasteiger partial charge in [0, 0.05) is 23.9 Å². The van der Waals surface area contributed by atoms with Crippen LogP contribution in [-0.4, -0.2) is 53.2 Å². The summed E-state index contributed by atoms with van der Waals surface area (Å²) in [7, 11) is 0. The van der Waals surface area contributed by atoms with Gasteiger partial charge in [0.25, 0.3) is 0 Å². The van der Waals surface area contributed by atoms with Gasteiger partial charge < -0.3 is 20.1 Å². The van der Waals surface area contributed by atoms with Crippen LogP contribution in [0, 0.1) is 16.7 Å². The monoisotopic (exact) mass is 474 g/mol. The number of carbonyl (C=O) groups is 3. The lowest BCUT2D eigenvalue weighted by Crippen LogP contribution is -2.68. The second-order valence-corrected chi connectivity index (χ2v) is 11.3. The van der Waals surface area contributed by atoms with Crippen molar-refractivity contribution in [1.82, 2.24) is 10.2 Å². The van der Waals surface area contributed by atoms with Crippen LogP contribution in [0.5, 0.6) is 0 Å². The molecule has 0 radical (unpaired) electrons. The number of rotatable bonds is 5. The van der Waals surface area contributed by atoms with Crippen molar-refractivity contribution in [3.05, 3.63) is 59.7 Å². The van der Waals surface area contributed by atoms with E-state index in [0.717, 1.165) is 12.8 Å². The predicted molar refractivity (Wildman–Crippen MR) is 129 cm³/mol. The van der Waals surface area contributed by atoms with Crippen LogP contribution < -0.4 is 5.32 Å². The summed E-state index contributed by atoms with van der Waals surface area (Å²) in [6.45, 7) is 4.48. The Balaban J connectivity index is 1.07. The Bertz CT molecular complexity index is 1190. The summed E-state index contributed by atoms with van der Waals surface area (Å²) in [5, 5.41) is 12.6. The number of amides is 2. The van der Waals surface area contributed by atoms with Crippen molar-refractivity contribution in [2.24, 2.45) is 16.7 Å². The molecule has 2 aromatic rings. The van der Waals surface area contributed by atoms with E-state index >= 15 is 0 Å². The Labute approximate surface area is 204 Å². The van der Waals surface area contributed by atoms with E-state index < -0.39 is 28.9 Å². The summed E-state index contributed by atoms with van der Waals surface area (Å²) in [5.41, 5.74) is 3.76. The van der Waals surface area contributed by atoms with Crippen LogP contribution in [0.2, 0.25) is 0 Å². The fourth-order valence-corrected chi connectivity index (χ4v) is 6.94. The molecular formula is C28H30N2O5. The van der Waals surface area contributed by atoms with E-state index in [4.69, 9.17) is 4.74 Å². The maximum Gasteiger partial charge on any atom is 0.407 e. The molecule has 3 aliphatic carbocycles. The molecule has 0 spiro atoms. The quantitative estimate of drug-likeness (QED) is 0.683. The molecule has 0 aromatic heterocycles. The second-order valence-electron chi connectivity index (χ2n) is 11.3. The Morgan fingerprint density at radius 3 is 2.26 bits per heavy atom. The van der Waals surface area contributed by atoms with Crippen LogP contribution >= 0.6 is 0 Å². The fraction of sp³-hybridized carbons (Fsp3) is 0.464. The standard InChI is InChI=1S/C28H30N2O5/c1-27(2)15-30(23(27)24(31)32)25(33)28-12-16(28)11-17(13-28)29-26(34)35-14-22-20-9-5-3-7-18(20)19-8-4-6-10-21(19)22/h3-10,16-17,22-23H,11-15H2,1-2H3,(H,29,34)(H,31,32)/t16-,17+,23?,28+/m1/s1. The van der Waals surface area contributed by atoms with Gasteiger partial charge in [-0.05, 0) is 47.4 Å². The molecule has 2 aromatic carbocycles. The summed E-state index contributed by atoms with van der Waals surface area (Å²) < 4.78 is 5.68. The van der Waals surface area contributed by atoms with Crippen molar-refractivity contribution in [2.45, 2.75) is 51.1 Å². The third-order valence-electron chi connectivity index (χ3n) is 8.63. The van der Waals surface area contributed by atoms with Crippen LogP contribution in [0.4, 0.5) is 4.79 Å². The molecule has 1 unspecified atom stereocenters. The molecule has 35 heavy (non-hydrogen) atoms. The zero-order valence-electron chi connectivity index (χ0n) is 20.0. The number of alkyl carbamates (subject to hydrolysis) is 1. The van der Waals surface area contributed by atoms with E-state index in [-0.39, 0.29) is 30.4 Å². The smallest absolute Gasteiger partial charge is 0.407 e. The molecule has 1 saturated heterocycles. The molecular weight excluding hydrogens is 444 g/mol. The number of carboxylic acids is 1. The Morgan fingerprint density at radius 2 is 1.66 bits per heavy atom. The number of aliphatic carboxylic acids is 1. The molecule has 4 atom stereocenters. The number of carbonyl (C=O) groups excluding carboxylic acids is 2. The Morgan fingerprint density at radius 1 is 1.03 bits per heavy atom. The first-order valence-corrected chi connectivity index (χ1v) is 12.4. The number of hydrogen-bond acceptors (Lipinski definition) is 4. The third-order valence-corrected chi connectivity index (χ3v) is 8.63. The summed E-state index contributed by atoms with van der Waals surface area (Å²) in [6, 6.07) is 15.5. The molecule has 7 heteroatoms. The normalized spacial score (nSPS) is 29.4. The number of ether oxygens (including phenoxy) is 1. The van der Waals surface area contributed by atoms with E-state index in [2.05, 4.69) is 29.6 Å². The lowest BCUT2D eigenvalue weighted by Gasteiger charge is -2.52. The van der Waals surface area contributed by atoms with Gasteiger partial charge in [0.2, 0.25) is 5.91 Å². The molecule has 1 aliphatic heterocycles. The van der Waals surface area contributed by atoms with E-state index in [1.165, 1.54) is 27.2 Å². The highest BCUT2D eigenvalue weighted by atomic mass is 16.5. The average molecular weight is 475 g/mol. The summed E-state index contributed by atoms with van der Waals surface area (Å²) in [5.74, 6) is -0.812. The molecule has 7 nitrogen and oxygen atoms in total. The summed E-state index contributed by atoms with van der Waals surface area (Å²) in [6.07, 6.45) is 1.58. The number of nitrogens with one attached hydrogen (secondary N) is 1. The predicted octanol–water partition coefficient (Wildman–Crippen LogP) is 4.02. The number of fused-ring (bicyclic) bond motifs is 4. The minimum atomic E-state index is -0.950. The highest BCUT2D eigenvalue weighted by Gasteiger charge is 2.69. The minimum Gasteiger partial charge on any atom is -0.480 e. The summed E-state index contributed by atoms with van der Waals surface area (Å²) in [4.78, 5) is 39.2. The molecule has 2 N–H and O–H groups in total. The lowest BCUT2D eigenvalue weighted by atomic mass is 9.74. The van der Waals surface area contributed by atoms with Crippen LogP contribution in [0.3, 0.4) is 0 Å². The number of benzene rings is 2. The maximum atomic E-state index is 13.3. The van der Waals surface area contributed by atoms with Gasteiger partial charge in [-0.15, -0.1) is 0 Å². The van der Waals surface area contributed by atoms with Gasteiger partial charge in [0.05, 0.1) is 5.41 Å². The number of hydrogen-bond donors (Lipinski definition) is 2. The molecule has 0 bridgehead atoms. The third kappa shape index (κ3) is 3.35. The van der Waals surface area contributed by atoms with Crippen LogP contribution in [0.1, 0.15) is 50.2 Å². The van der Waals surface area contributed by atoms with Crippen molar-refractivity contribution in [1.29, 1.82) is 0 Å². The van der Waals surface area contributed by atoms with Crippen molar-refractivity contribution in [3.8, 4) is 11.1 Å². The first kappa shape index (κ1) is 22.1. The van der Waals surface area contributed by atoms with Crippen molar-refractivity contribution < 1.29 is 24.2 Å². The zero-order valence-corrected chi connectivity index (χ0v) is 20.0. The van der Waals surface area contributed by atoms with Gasteiger partial charge in [0.15, 0.2) is 0 Å². The molecule has 2 saturated carbocycles. The number of likely N-dealkylation sites (tertiary alicyclic amines) is 1. The molecule has 6 rings (SSSR count). The van der Waals surface area contributed by atoms with Crippen LogP contribution in [0.25, 0.3) is 11.1 Å². The average Bonchev–Trinajstić information content (AvgIpc) is 3.23. The Kier molecular flexibility index (Phi) is 4.79. The lowest BCUT2D eigenvalue weighted by molar-refractivity contribution is -0.175.